The van der Waals surface area contributed by atoms with Gasteiger partial charge in [0.25, 0.3) is 12.4 Å². The second-order valence-corrected chi connectivity index (χ2v) is 8.19. The molecule has 156 valence electrons. The topological polar surface area (TPSA) is 83.8 Å². The molecule has 2 bridgehead atoms. The van der Waals surface area contributed by atoms with Gasteiger partial charge in [-0.05, 0) is 38.8 Å². The second-order valence-electron chi connectivity index (χ2n) is 8.19. The fourth-order valence-electron chi connectivity index (χ4n) is 5.33. The van der Waals surface area contributed by atoms with Gasteiger partial charge in [-0.1, -0.05) is 24.6 Å². The number of carbonyl (C=O) groups excluding carboxylic acids is 1. The third kappa shape index (κ3) is 3.76. The first-order valence-electron chi connectivity index (χ1n) is 10.4. The summed E-state index contributed by atoms with van der Waals surface area (Å²) in [7, 11) is 2.25. The maximum Gasteiger partial charge on any atom is 0.290 e. The van der Waals surface area contributed by atoms with Gasteiger partial charge in [-0.15, -0.1) is 0 Å². The summed E-state index contributed by atoms with van der Waals surface area (Å²) in [5.74, 6) is 0.0769. The molecule has 1 amide bonds. The SMILES string of the molecule is CN1C2CCCC1CC(NC(=O)c1c3n(c4ccccc14)CCOC3)C2.O=CO. The van der Waals surface area contributed by atoms with Crippen molar-refractivity contribution in [2.75, 3.05) is 13.7 Å². The average molecular weight is 399 g/mol. The van der Waals surface area contributed by atoms with Crippen LogP contribution in [0, 0.1) is 0 Å². The van der Waals surface area contributed by atoms with E-state index in [-0.39, 0.29) is 18.4 Å². The molecule has 3 aliphatic rings. The van der Waals surface area contributed by atoms with E-state index in [1.165, 1.54) is 19.3 Å². The quantitative estimate of drug-likeness (QED) is 0.759. The molecule has 2 atom stereocenters. The van der Waals surface area contributed by atoms with Crippen LogP contribution in [-0.4, -0.2) is 58.7 Å². The molecule has 7 nitrogen and oxygen atoms in total. The Hall–Kier alpha value is -2.38. The van der Waals surface area contributed by atoms with E-state index < -0.39 is 0 Å². The molecular weight excluding hydrogens is 370 g/mol. The average Bonchev–Trinajstić information content (AvgIpc) is 3.04. The van der Waals surface area contributed by atoms with Crippen molar-refractivity contribution >= 4 is 23.3 Å². The van der Waals surface area contributed by atoms with Crippen LogP contribution in [-0.2, 0) is 22.7 Å². The molecule has 2 fully saturated rings. The molecular formula is C22H29N3O4. The van der Waals surface area contributed by atoms with E-state index in [2.05, 4.69) is 34.0 Å². The maximum absolute atomic E-state index is 13.3. The zero-order chi connectivity index (χ0) is 20.4. The molecule has 7 heteroatoms. The van der Waals surface area contributed by atoms with Crippen LogP contribution in [0.5, 0.6) is 0 Å². The number of hydrogen-bond donors (Lipinski definition) is 2. The van der Waals surface area contributed by atoms with Gasteiger partial charge in [0, 0.05) is 35.6 Å². The van der Waals surface area contributed by atoms with Crippen LogP contribution in [0.4, 0.5) is 0 Å². The minimum Gasteiger partial charge on any atom is -0.483 e. The lowest BCUT2D eigenvalue weighted by Crippen LogP contribution is -2.55. The Labute approximate surface area is 170 Å². The highest BCUT2D eigenvalue weighted by Crippen LogP contribution is 2.34. The number of nitrogens with one attached hydrogen (secondary N) is 1. The van der Waals surface area contributed by atoms with Crippen LogP contribution in [0.15, 0.2) is 24.3 Å². The summed E-state index contributed by atoms with van der Waals surface area (Å²) in [5, 5.41) is 11.3. The lowest BCUT2D eigenvalue weighted by Gasteiger charge is -2.47. The Morgan fingerprint density at radius 2 is 1.93 bits per heavy atom. The zero-order valence-corrected chi connectivity index (χ0v) is 16.8. The van der Waals surface area contributed by atoms with Crippen molar-refractivity contribution in [3.05, 3.63) is 35.5 Å². The van der Waals surface area contributed by atoms with Crippen molar-refractivity contribution in [2.45, 2.75) is 63.4 Å². The third-order valence-corrected chi connectivity index (χ3v) is 6.68. The van der Waals surface area contributed by atoms with Crippen molar-refractivity contribution in [1.29, 1.82) is 0 Å². The lowest BCUT2D eigenvalue weighted by molar-refractivity contribution is -0.122. The van der Waals surface area contributed by atoms with Gasteiger partial charge >= 0.3 is 0 Å². The lowest BCUT2D eigenvalue weighted by atomic mass is 9.82. The van der Waals surface area contributed by atoms with Crippen molar-refractivity contribution in [2.24, 2.45) is 0 Å². The molecule has 29 heavy (non-hydrogen) atoms. The predicted octanol–water partition coefficient (Wildman–Crippen LogP) is 2.62. The summed E-state index contributed by atoms with van der Waals surface area (Å²) in [6.45, 7) is 1.81. The van der Waals surface area contributed by atoms with E-state index in [0.29, 0.717) is 25.3 Å². The van der Waals surface area contributed by atoms with Crippen LogP contribution in [0.1, 0.15) is 48.2 Å². The molecule has 2 saturated heterocycles. The van der Waals surface area contributed by atoms with Crippen LogP contribution in [0.2, 0.25) is 0 Å². The van der Waals surface area contributed by atoms with Gasteiger partial charge in [0.2, 0.25) is 0 Å². The number of nitrogens with zero attached hydrogens (tertiary/aromatic N) is 2. The largest absolute Gasteiger partial charge is 0.483 e. The molecule has 0 aliphatic carbocycles. The van der Waals surface area contributed by atoms with Crippen molar-refractivity contribution in [3.63, 3.8) is 0 Å². The summed E-state index contributed by atoms with van der Waals surface area (Å²) in [6.07, 6.45) is 6.00. The molecule has 3 aliphatic heterocycles. The van der Waals surface area contributed by atoms with Crippen molar-refractivity contribution in [1.82, 2.24) is 14.8 Å². The number of ether oxygens (including phenoxy) is 1. The standard InChI is InChI=1S/C21H27N3O2.CH2O2/c1-23-15-5-4-6-16(23)12-14(11-15)22-21(25)20-17-7-2-3-8-18(17)24-9-10-26-13-19(20)24;2-1-3/h2-3,7-8,14-16H,4-6,9-13H2,1H3,(H,22,25);1H,(H,2,3). The highest BCUT2D eigenvalue weighted by Gasteiger charge is 2.37. The molecule has 5 rings (SSSR count). The molecule has 0 radical (unpaired) electrons. The Morgan fingerprint density at radius 1 is 1.24 bits per heavy atom. The van der Waals surface area contributed by atoms with E-state index in [1.54, 1.807) is 0 Å². The Bertz CT molecular complexity index is 880. The van der Waals surface area contributed by atoms with Crippen LogP contribution in [0.25, 0.3) is 10.9 Å². The van der Waals surface area contributed by atoms with Crippen molar-refractivity contribution in [3.8, 4) is 0 Å². The molecule has 2 aromatic rings. The van der Waals surface area contributed by atoms with Crippen LogP contribution < -0.4 is 5.32 Å². The summed E-state index contributed by atoms with van der Waals surface area (Å²) < 4.78 is 7.93. The number of para-hydroxylation sites is 1. The minimum absolute atomic E-state index is 0.0769. The normalized spacial score (nSPS) is 26.2. The number of carboxylic acid groups (broad SMARTS) is 1. The molecule has 2 unspecified atom stereocenters. The van der Waals surface area contributed by atoms with Gasteiger partial charge in [0.1, 0.15) is 0 Å². The predicted molar refractivity (Wildman–Crippen MR) is 110 cm³/mol. The summed E-state index contributed by atoms with van der Waals surface area (Å²) >= 11 is 0. The Kier molecular flexibility index (Phi) is 5.87. The van der Waals surface area contributed by atoms with Gasteiger partial charge in [0.05, 0.1) is 24.5 Å². The highest BCUT2D eigenvalue weighted by molar-refractivity contribution is 6.08. The van der Waals surface area contributed by atoms with Gasteiger partial charge in [-0.25, -0.2) is 0 Å². The first-order chi connectivity index (χ1) is 14.1. The number of aromatic nitrogens is 1. The number of piperidine rings is 2. The fraction of sp³-hybridized carbons (Fsp3) is 0.545. The Morgan fingerprint density at radius 3 is 2.66 bits per heavy atom. The summed E-state index contributed by atoms with van der Waals surface area (Å²) in [4.78, 5) is 24.2. The molecule has 0 spiro atoms. The fourth-order valence-corrected chi connectivity index (χ4v) is 5.33. The molecule has 1 aromatic heterocycles. The summed E-state index contributed by atoms with van der Waals surface area (Å²) in [6, 6.07) is 9.77. The van der Waals surface area contributed by atoms with E-state index in [1.807, 2.05) is 12.1 Å². The number of carbonyl (C=O) groups is 2. The third-order valence-electron chi connectivity index (χ3n) is 6.68. The number of hydrogen-bond acceptors (Lipinski definition) is 4. The number of rotatable bonds is 2. The van der Waals surface area contributed by atoms with Gasteiger partial charge < -0.3 is 24.6 Å². The van der Waals surface area contributed by atoms with Crippen LogP contribution >= 0.6 is 0 Å². The van der Waals surface area contributed by atoms with E-state index in [0.717, 1.165) is 41.5 Å². The smallest absolute Gasteiger partial charge is 0.290 e. The number of fused-ring (bicyclic) bond motifs is 5. The zero-order valence-electron chi connectivity index (χ0n) is 16.8. The summed E-state index contributed by atoms with van der Waals surface area (Å²) in [5.41, 5.74) is 3.00. The highest BCUT2D eigenvalue weighted by atomic mass is 16.5. The monoisotopic (exact) mass is 399 g/mol. The van der Waals surface area contributed by atoms with E-state index in [4.69, 9.17) is 14.6 Å². The van der Waals surface area contributed by atoms with Crippen LogP contribution in [0.3, 0.4) is 0 Å². The van der Waals surface area contributed by atoms with E-state index >= 15 is 0 Å². The number of amides is 1. The second kappa shape index (κ2) is 8.55. The first-order valence-corrected chi connectivity index (χ1v) is 10.4. The van der Waals surface area contributed by atoms with Crippen molar-refractivity contribution < 1.29 is 19.4 Å². The maximum atomic E-state index is 13.3. The molecule has 0 saturated carbocycles. The molecule has 2 N–H and O–H groups in total. The number of benzene rings is 1. The molecule has 4 heterocycles. The van der Waals surface area contributed by atoms with E-state index in [9.17, 15) is 4.79 Å². The molecule has 1 aromatic carbocycles. The Balaban J connectivity index is 0.000000645. The van der Waals surface area contributed by atoms with Gasteiger partial charge in [0.15, 0.2) is 0 Å². The van der Waals surface area contributed by atoms with Gasteiger partial charge in [-0.3, -0.25) is 9.59 Å². The van der Waals surface area contributed by atoms with Gasteiger partial charge in [-0.2, -0.15) is 0 Å². The minimum atomic E-state index is -0.250. The first kappa shape index (κ1) is 19.9.